The zero-order valence-electron chi connectivity index (χ0n) is 6.26. The van der Waals surface area contributed by atoms with Gasteiger partial charge in [0.2, 0.25) is 0 Å². The summed E-state index contributed by atoms with van der Waals surface area (Å²) in [5, 5.41) is 0. The maximum Gasteiger partial charge on any atom is 0.123 e. The first-order chi connectivity index (χ1) is 5.24. The van der Waals surface area contributed by atoms with E-state index in [1.54, 1.807) is 6.07 Å². The lowest BCUT2D eigenvalue weighted by atomic mass is 10.1. The molecule has 0 fully saturated rings. The topological polar surface area (TPSA) is 12.0 Å². The Morgan fingerprint density at radius 3 is 2.82 bits per heavy atom. The average Bonchev–Trinajstić information content (AvgIpc) is 1.95. The summed E-state index contributed by atoms with van der Waals surface area (Å²) in [5.74, 6) is -0.189. The second-order valence-corrected chi connectivity index (χ2v) is 2.72. The molecule has 0 saturated carbocycles. The van der Waals surface area contributed by atoms with Crippen LogP contribution in [0.25, 0.3) is 0 Å². The van der Waals surface area contributed by atoms with Crippen LogP contribution in [0.15, 0.2) is 18.2 Å². The van der Waals surface area contributed by atoms with Crippen LogP contribution in [0, 0.1) is 12.7 Å². The highest BCUT2D eigenvalue weighted by Gasteiger charge is 1.97. The molecule has 0 heterocycles. The van der Waals surface area contributed by atoms with E-state index >= 15 is 0 Å². The molecule has 1 nitrogen and oxygen atoms in total. The molecule has 0 radical (unpaired) electrons. The van der Waals surface area contributed by atoms with E-state index in [-0.39, 0.29) is 5.82 Å². The van der Waals surface area contributed by atoms with Crippen LogP contribution >= 0.6 is 12.8 Å². The van der Waals surface area contributed by atoms with Crippen LogP contribution < -0.4 is 4.72 Å². The molecule has 0 spiro atoms. The molecule has 0 atom stereocenters. The molecule has 1 N–H and O–H groups in total. The third-order valence-corrected chi connectivity index (χ3v) is 1.73. The molecule has 11 heavy (non-hydrogen) atoms. The lowest BCUT2D eigenvalue weighted by molar-refractivity contribution is 0.625. The Kier molecular flexibility index (Phi) is 2.91. The minimum Gasteiger partial charge on any atom is -0.262 e. The number of nitrogens with one attached hydrogen (secondary N) is 1. The van der Waals surface area contributed by atoms with Gasteiger partial charge in [0.1, 0.15) is 5.82 Å². The minimum absolute atomic E-state index is 0.189. The fourth-order valence-electron chi connectivity index (χ4n) is 0.943. The average molecular weight is 171 g/mol. The van der Waals surface area contributed by atoms with Gasteiger partial charge in [-0.2, -0.15) is 0 Å². The molecule has 0 aromatic heterocycles. The Morgan fingerprint density at radius 2 is 2.27 bits per heavy atom. The maximum absolute atomic E-state index is 12.5. The number of hydrogen-bond donors (Lipinski definition) is 2. The highest BCUT2D eigenvalue weighted by Crippen LogP contribution is 2.09. The fraction of sp³-hybridized carbons (Fsp3) is 0.250. The Balaban J connectivity index is 2.90. The van der Waals surface area contributed by atoms with Gasteiger partial charge in [-0.1, -0.05) is 18.9 Å². The van der Waals surface area contributed by atoms with Gasteiger partial charge in [-0.3, -0.25) is 4.72 Å². The van der Waals surface area contributed by atoms with Crippen molar-refractivity contribution in [3.63, 3.8) is 0 Å². The summed E-state index contributed by atoms with van der Waals surface area (Å²) in [4.78, 5) is 0. The smallest absolute Gasteiger partial charge is 0.123 e. The SMILES string of the molecule is Cc1cc(F)ccc1CNS. The number of hydrogen-bond acceptors (Lipinski definition) is 2. The Bertz CT molecular complexity index is 250. The van der Waals surface area contributed by atoms with Crippen molar-refractivity contribution in [3.8, 4) is 0 Å². The molecule has 1 aromatic carbocycles. The number of rotatable bonds is 2. The fourth-order valence-corrected chi connectivity index (χ4v) is 1.11. The van der Waals surface area contributed by atoms with Crippen LogP contribution in [0.1, 0.15) is 11.1 Å². The molecule has 0 unspecified atom stereocenters. The van der Waals surface area contributed by atoms with E-state index in [9.17, 15) is 4.39 Å². The Labute approximate surface area is 71.2 Å². The Hall–Kier alpha value is -0.540. The van der Waals surface area contributed by atoms with Gasteiger partial charge >= 0.3 is 0 Å². The molecule has 60 valence electrons. The van der Waals surface area contributed by atoms with Crippen LogP contribution in [0.3, 0.4) is 0 Å². The third kappa shape index (κ3) is 2.20. The second kappa shape index (κ2) is 3.74. The van der Waals surface area contributed by atoms with Crippen molar-refractivity contribution in [1.82, 2.24) is 4.72 Å². The highest BCUT2D eigenvalue weighted by molar-refractivity contribution is 7.78. The molecule has 0 aliphatic carbocycles. The van der Waals surface area contributed by atoms with Crippen LogP contribution in [0.4, 0.5) is 4.39 Å². The molecule has 1 aromatic rings. The predicted molar refractivity (Wildman–Crippen MR) is 47.0 cm³/mol. The van der Waals surface area contributed by atoms with Crippen molar-refractivity contribution in [1.29, 1.82) is 0 Å². The van der Waals surface area contributed by atoms with Crippen molar-refractivity contribution < 1.29 is 4.39 Å². The van der Waals surface area contributed by atoms with Gasteiger partial charge in [-0.15, -0.1) is 0 Å². The summed E-state index contributed by atoms with van der Waals surface area (Å²) in [6.07, 6.45) is 0. The summed E-state index contributed by atoms with van der Waals surface area (Å²) in [6.45, 7) is 2.54. The van der Waals surface area contributed by atoms with E-state index in [1.807, 2.05) is 6.92 Å². The van der Waals surface area contributed by atoms with E-state index in [1.165, 1.54) is 12.1 Å². The molecule has 0 aliphatic rings. The van der Waals surface area contributed by atoms with Crippen molar-refractivity contribution in [2.75, 3.05) is 0 Å². The quantitative estimate of drug-likeness (QED) is 0.649. The molecule has 0 aliphatic heterocycles. The van der Waals surface area contributed by atoms with Gasteiger partial charge in [0.05, 0.1) is 0 Å². The zero-order valence-corrected chi connectivity index (χ0v) is 7.16. The zero-order chi connectivity index (χ0) is 8.27. The number of thiol groups is 1. The third-order valence-electron chi connectivity index (χ3n) is 1.57. The summed E-state index contributed by atoms with van der Waals surface area (Å²) >= 11 is 3.86. The van der Waals surface area contributed by atoms with Crippen molar-refractivity contribution in [2.24, 2.45) is 0 Å². The molecule has 1 rings (SSSR count). The largest absolute Gasteiger partial charge is 0.262 e. The van der Waals surface area contributed by atoms with E-state index in [0.29, 0.717) is 6.54 Å². The lowest BCUT2D eigenvalue weighted by Crippen LogP contribution is -2.00. The van der Waals surface area contributed by atoms with Gasteiger partial charge in [-0.25, -0.2) is 4.39 Å². The van der Waals surface area contributed by atoms with Crippen molar-refractivity contribution >= 4 is 12.8 Å². The van der Waals surface area contributed by atoms with Crippen LogP contribution in [0.2, 0.25) is 0 Å². The summed E-state index contributed by atoms with van der Waals surface area (Å²) in [5.41, 5.74) is 2.02. The van der Waals surface area contributed by atoms with Crippen LogP contribution in [-0.2, 0) is 6.54 Å². The highest BCUT2D eigenvalue weighted by atomic mass is 32.1. The minimum atomic E-state index is -0.189. The molecule has 0 bridgehead atoms. The first-order valence-electron chi connectivity index (χ1n) is 3.36. The summed E-state index contributed by atoms with van der Waals surface area (Å²) in [7, 11) is 0. The first kappa shape index (κ1) is 8.56. The van der Waals surface area contributed by atoms with Gasteiger partial charge in [0.15, 0.2) is 0 Å². The molecule has 0 saturated heterocycles. The predicted octanol–water partition coefficient (Wildman–Crippen LogP) is 2.07. The number of benzene rings is 1. The Morgan fingerprint density at radius 1 is 1.55 bits per heavy atom. The summed E-state index contributed by atoms with van der Waals surface area (Å²) < 4.78 is 15.3. The normalized spacial score (nSPS) is 10.1. The van der Waals surface area contributed by atoms with Gasteiger partial charge in [-0.05, 0) is 30.2 Å². The summed E-state index contributed by atoms with van der Waals surface area (Å²) in [6, 6.07) is 4.72. The molecular formula is C8H10FNS. The van der Waals surface area contributed by atoms with Gasteiger partial charge in [0, 0.05) is 6.54 Å². The van der Waals surface area contributed by atoms with Crippen LogP contribution in [-0.4, -0.2) is 0 Å². The van der Waals surface area contributed by atoms with E-state index in [4.69, 9.17) is 0 Å². The first-order valence-corrected chi connectivity index (χ1v) is 3.80. The second-order valence-electron chi connectivity index (χ2n) is 2.41. The van der Waals surface area contributed by atoms with Crippen LogP contribution in [0.5, 0.6) is 0 Å². The number of halogens is 1. The van der Waals surface area contributed by atoms with E-state index < -0.39 is 0 Å². The number of aryl methyl sites for hydroxylation is 1. The molecular weight excluding hydrogens is 161 g/mol. The maximum atomic E-state index is 12.5. The monoisotopic (exact) mass is 171 g/mol. The molecule has 0 amide bonds. The van der Waals surface area contributed by atoms with Gasteiger partial charge in [0.25, 0.3) is 0 Å². The van der Waals surface area contributed by atoms with Gasteiger partial charge < -0.3 is 0 Å². The van der Waals surface area contributed by atoms with E-state index in [0.717, 1.165) is 11.1 Å². The molecule has 3 heteroatoms. The lowest BCUT2D eigenvalue weighted by Gasteiger charge is -2.03. The van der Waals surface area contributed by atoms with E-state index in [2.05, 4.69) is 17.5 Å². The van der Waals surface area contributed by atoms with Crippen molar-refractivity contribution in [3.05, 3.63) is 35.1 Å². The van der Waals surface area contributed by atoms with Crippen molar-refractivity contribution in [2.45, 2.75) is 13.5 Å². The standard InChI is InChI=1S/C8H10FNS/c1-6-4-8(9)3-2-7(6)5-10-11/h2-4,10-11H,5H2,1H3.